The van der Waals surface area contributed by atoms with Crippen LogP contribution in [-0.4, -0.2) is 21.9 Å². The molecule has 96 valence electrons. The van der Waals surface area contributed by atoms with Crippen molar-refractivity contribution >= 4 is 17.8 Å². The summed E-state index contributed by atoms with van der Waals surface area (Å²) in [4.78, 5) is 0. The lowest BCUT2D eigenvalue weighted by Crippen LogP contribution is -1.98. The van der Waals surface area contributed by atoms with Crippen molar-refractivity contribution in [3.05, 3.63) is 46.8 Å². The first-order valence-electron chi connectivity index (χ1n) is 6.19. The molecule has 0 atom stereocenters. The fourth-order valence-electron chi connectivity index (χ4n) is 2.36. The third kappa shape index (κ3) is 1.76. The molecule has 2 aromatic rings. The average molecular weight is 253 g/mol. The molecular formula is C15H15N3O. The molecule has 1 aromatic carbocycles. The van der Waals surface area contributed by atoms with E-state index in [1.807, 2.05) is 17.7 Å². The van der Waals surface area contributed by atoms with Gasteiger partial charge >= 0.3 is 6.01 Å². The normalized spacial score (nSPS) is 15.0. The molecule has 4 nitrogen and oxygen atoms in total. The number of benzene rings is 1. The zero-order valence-electron chi connectivity index (χ0n) is 11.2. The van der Waals surface area contributed by atoms with E-state index >= 15 is 0 Å². The van der Waals surface area contributed by atoms with Crippen molar-refractivity contribution in [2.45, 2.75) is 13.8 Å². The molecule has 1 aliphatic rings. The van der Waals surface area contributed by atoms with Crippen LogP contribution in [0.4, 0.5) is 0 Å². The quantitative estimate of drug-likeness (QED) is 0.669. The van der Waals surface area contributed by atoms with Crippen molar-refractivity contribution in [1.82, 2.24) is 14.8 Å². The van der Waals surface area contributed by atoms with Gasteiger partial charge in [0.15, 0.2) is 5.82 Å². The number of hydrogen-bond acceptors (Lipinski definition) is 3. The first kappa shape index (κ1) is 11.7. The summed E-state index contributed by atoms with van der Waals surface area (Å²) in [5.74, 6) is 0.804. The minimum atomic E-state index is 0.495. The Morgan fingerprint density at radius 3 is 2.84 bits per heavy atom. The molecule has 0 amide bonds. The van der Waals surface area contributed by atoms with Crippen LogP contribution >= 0.6 is 0 Å². The summed E-state index contributed by atoms with van der Waals surface area (Å²) in [5.41, 5.74) is 4.65. The van der Waals surface area contributed by atoms with E-state index in [1.165, 1.54) is 11.1 Å². The van der Waals surface area contributed by atoms with Crippen molar-refractivity contribution in [3.8, 4) is 6.01 Å². The van der Waals surface area contributed by atoms with Gasteiger partial charge in [-0.3, -0.25) is 4.57 Å². The first-order valence-corrected chi connectivity index (χ1v) is 6.19. The van der Waals surface area contributed by atoms with Gasteiger partial charge in [0.2, 0.25) is 0 Å². The van der Waals surface area contributed by atoms with E-state index in [-0.39, 0.29) is 0 Å². The van der Waals surface area contributed by atoms with Gasteiger partial charge in [0.1, 0.15) is 0 Å². The standard InChI is InChI=1S/C15H15N3O/c1-4-12-13-6-5-10(2)9-11(13)7-8-18-14(12)16-17-15(18)19-3/h4-9H,1-3H3. The van der Waals surface area contributed by atoms with Crippen LogP contribution < -0.4 is 4.74 Å². The highest BCUT2D eigenvalue weighted by Gasteiger charge is 2.19. The summed E-state index contributed by atoms with van der Waals surface area (Å²) in [7, 11) is 1.60. The fourth-order valence-corrected chi connectivity index (χ4v) is 2.36. The molecule has 0 saturated heterocycles. The van der Waals surface area contributed by atoms with E-state index < -0.39 is 0 Å². The van der Waals surface area contributed by atoms with Crippen LogP contribution in [0.3, 0.4) is 0 Å². The van der Waals surface area contributed by atoms with Crippen LogP contribution in [0.25, 0.3) is 17.8 Å². The molecule has 0 N–H and O–H groups in total. The van der Waals surface area contributed by atoms with Gasteiger partial charge in [-0.25, -0.2) is 0 Å². The smallest absolute Gasteiger partial charge is 0.321 e. The number of aromatic nitrogens is 3. The number of rotatable bonds is 1. The summed E-state index contributed by atoms with van der Waals surface area (Å²) < 4.78 is 7.10. The highest BCUT2D eigenvalue weighted by Crippen LogP contribution is 2.31. The second kappa shape index (κ2) is 4.39. The number of ether oxygens (including phenoxy) is 1. The van der Waals surface area contributed by atoms with Crippen molar-refractivity contribution in [2.75, 3.05) is 7.11 Å². The predicted octanol–water partition coefficient (Wildman–Crippen LogP) is 2.99. The number of hydrogen-bond donors (Lipinski definition) is 0. The number of aryl methyl sites for hydroxylation is 1. The SMILES string of the molecule is CC=C1c2ccc(C)cc2C=Cn2c(OC)nnc21. The van der Waals surface area contributed by atoms with Crippen LogP contribution in [0, 0.1) is 6.92 Å². The lowest BCUT2D eigenvalue weighted by atomic mass is 9.97. The Bertz CT molecular complexity index is 695. The van der Waals surface area contributed by atoms with E-state index in [0.29, 0.717) is 6.01 Å². The summed E-state index contributed by atoms with van der Waals surface area (Å²) >= 11 is 0. The minimum Gasteiger partial charge on any atom is -0.467 e. The maximum Gasteiger partial charge on any atom is 0.321 e. The lowest BCUT2D eigenvalue weighted by Gasteiger charge is -2.08. The number of fused-ring (bicyclic) bond motifs is 2. The third-order valence-electron chi connectivity index (χ3n) is 3.28. The van der Waals surface area contributed by atoms with Gasteiger partial charge < -0.3 is 4.74 Å². The molecule has 0 unspecified atom stereocenters. The maximum atomic E-state index is 5.23. The molecule has 0 fully saturated rings. The van der Waals surface area contributed by atoms with Gasteiger partial charge in [0, 0.05) is 11.8 Å². The molecule has 0 aliphatic carbocycles. The van der Waals surface area contributed by atoms with Gasteiger partial charge in [-0.15, -0.1) is 5.10 Å². The molecule has 4 heteroatoms. The number of allylic oxidation sites excluding steroid dienone is 1. The Balaban J connectivity index is 2.29. The Labute approximate surface area is 112 Å². The van der Waals surface area contributed by atoms with Crippen LogP contribution in [-0.2, 0) is 0 Å². The van der Waals surface area contributed by atoms with E-state index in [4.69, 9.17) is 4.74 Å². The molecular weight excluding hydrogens is 238 g/mol. The molecule has 19 heavy (non-hydrogen) atoms. The highest BCUT2D eigenvalue weighted by molar-refractivity contribution is 5.86. The van der Waals surface area contributed by atoms with Gasteiger partial charge in [-0.05, 0) is 31.1 Å². The first-order chi connectivity index (χ1) is 9.24. The summed E-state index contributed by atoms with van der Waals surface area (Å²) in [6.45, 7) is 4.10. The van der Waals surface area contributed by atoms with E-state index in [9.17, 15) is 0 Å². The third-order valence-corrected chi connectivity index (χ3v) is 3.28. The van der Waals surface area contributed by atoms with E-state index in [2.05, 4.69) is 47.5 Å². The van der Waals surface area contributed by atoms with Gasteiger partial charge in [-0.2, -0.15) is 0 Å². The zero-order valence-corrected chi connectivity index (χ0v) is 11.2. The van der Waals surface area contributed by atoms with Crippen LogP contribution in [0.2, 0.25) is 0 Å². The van der Waals surface area contributed by atoms with Crippen LogP contribution in [0.5, 0.6) is 6.01 Å². The van der Waals surface area contributed by atoms with Crippen LogP contribution in [0.1, 0.15) is 29.4 Å². The highest BCUT2D eigenvalue weighted by atomic mass is 16.5. The van der Waals surface area contributed by atoms with Crippen molar-refractivity contribution in [3.63, 3.8) is 0 Å². The molecule has 0 spiro atoms. The molecule has 2 heterocycles. The lowest BCUT2D eigenvalue weighted by molar-refractivity contribution is 0.374. The summed E-state index contributed by atoms with van der Waals surface area (Å²) in [6, 6.07) is 6.90. The van der Waals surface area contributed by atoms with Gasteiger partial charge in [-0.1, -0.05) is 34.9 Å². The number of nitrogens with zero attached hydrogens (tertiary/aromatic N) is 3. The fraction of sp³-hybridized carbons (Fsp3) is 0.200. The van der Waals surface area contributed by atoms with E-state index in [1.54, 1.807) is 7.11 Å². The van der Waals surface area contributed by atoms with Crippen LogP contribution in [0.15, 0.2) is 24.3 Å². The second-order valence-electron chi connectivity index (χ2n) is 4.49. The maximum absolute atomic E-state index is 5.23. The van der Waals surface area contributed by atoms with Gasteiger partial charge in [0.25, 0.3) is 0 Å². The predicted molar refractivity (Wildman–Crippen MR) is 75.7 cm³/mol. The molecule has 3 rings (SSSR count). The molecule has 0 saturated carbocycles. The Kier molecular flexibility index (Phi) is 2.71. The second-order valence-corrected chi connectivity index (χ2v) is 4.49. The zero-order chi connectivity index (χ0) is 13.4. The van der Waals surface area contributed by atoms with E-state index in [0.717, 1.165) is 17.0 Å². The monoisotopic (exact) mass is 253 g/mol. The Morgan fingerprint density at radius 1 is 1.26 bits per heavy atom. The summed E-state index contributed by atoms with van der Waals surface area (Å²) in [5, 5.41) is 8.27. The van der Waals surface area contributed by atoms with Gasteiger partial charge in [0.05, 0.1) is 7.11 Å². The number of methoxy groups -OCH3 is 1. The molecule has 1 aromatic heterocycles. The minimum absolute atomic E-state index is 0.495. The molecule has 1 aliphatic heterocycles. The topological polar surface area (TPSA) is 39.9 Å². The molecule has 0 radical (unpaired) electrons. The Hall–Kier alpha value is -2.36. The Morgan fingerprint density at radius 2 is 2.11 bits per heavy atom. The van der Waals surface area contributed by atoms with Crippen molar-refractivity contribution in [1.29, 1.82) is 0 Å². The average Bonchev–Trinajstić information content (AvgIpc) is 2.75. The summed E-state index contributed by atoms with van der Waals surface area (Å²) in [6.07, 6.45) is 6.07. The molecule has 0 bridgehead atoms. The largest absolute Gasteiger partial charge is 0.467 e. The van der Waals surface area contributed by atoms with Crippen molar-refractivity contribution in [2.24, 2.45) is 0 Å². The van der Waals surface area contributed by atoms with Crippen molar-refractivity contribution < 1.29 is 4.74 Å².